The molecule has 0 spiro atoms. The molecular formula is C22H38IN5O. The molecule has 1 atom stereocenters. The summed E-state index contributed by atoms with van der Waals surface area (Å²) in [4.78, 5) is 21.2. The molecule has 29 heavy (non-hydrogen) atoms. The van der Waals surface area contributed by atoms with Gasteiger partial charge in [0.1, 0.15) is 0 Å². The number of halogens is 1. The van der Waals surface area contributed by atoms with Crippen molar-refractivity contribution in [3.05, 3.63) is 35.4 Å². The number of amides is 1. The van der Waals surface area contributed by atoms with Crippen molar-refractivity contribution < 1.29 is 4.79 Å². The standard InChI is InChI=1S/C22H37N5O.HI/c1-17(2)13-19-9-11-27(16-19)22(23-3)25-15-18-7-6-8-20(14-18)21(28)24-10-12-26(4)5;/h6-8,14,17,19H,9-13,15-16H2,1-5H3,(H,23,25)(H,24,28);1H. The van der Waals surface area contributed by atoms with Crippen molar-refractivity contribution in [2.24, 2.45) is 16.8 Å². The maximum absolute atomic E-state index is 12.3. The van der Waals surface area contributed by atoms with Gasteiger partial charge in [-0.05, 0) is 56.5 Å². The molecule has 0 aromatic heterocycles. The summed E-state index contributed by atoms with van der Waals surface area (Å²) < 4.78 is 0. The Morgan fingerprint density at radius 2 is 2.07 bits per heavy atom. The molecule has 0 bridgehead atoms. The highest BCUT2D eigenvalue weighted by Gasteiger charge is 2.25. The monoisotopic (exact) mass is 515 g/mol. The molecule has 0 aliphatic carbocycles. The zero-order valence-electron chi connectivity index (χ0n) is 18.6. The second-order valence-electron chi connectivity index (χ2n) is 8.39. The van der Waals surface area contributed by atoms with Crippen LogP contribution in [0.25, 0.3) is 0 Å². The van der Waals surface area contributed by atoms with Gasteiger partial charge in [0, 0.05) is 45.3 Å². The number of hydrogen-bond acceptors (Lipinski definition) is 3. The molecule has 1 heterocycles. The Bertz CT molecular complexity index is 662. The highest BCUT2D eigenvalue weighted by Crippen LogP contribution is 2.23. The van der Waals surface area contributed by atoms with E-state index in [2.05, 4.69) is 39.3 Å². The minimum absolute atomic E-state index is 0. The first-order valence-electron chi connectivity index (χ1n) is 10.4. The number of benzene rings is 1. The van der Waals surface area contributed by atoms with E-state index in [1.807, 2.05) is 45.4 Å². The van der Waals surface area contributed by atoms with Gasteiger partial charge in [0.15, 0.2) is 5.96 Å². The second-order valence-corrected chi connectivity index (χ2v) is 8.39. The normalized spacial score (nSPS) is 16.9. The summed E-state index contributed by atoms with van der Waals surface area (Å²) in [5, 5.41) is 6.43. The summed E-state index contributed by atoms with van der Waals surface area (Å²) in [6.07, 6.45) is 2.51. The zero-order chi connectivity index (χ0) is 20.5. The van der Waals surface area contributed by atoms with Crippen molar-refractivity contribution in [3.63, 3.8) is 0 Å². The van der Waals surface area contributed by atoms with Crippen molar-refractivity contribution in [1.29, 1.82) is 0 Å². The number of nitrogens with one attached hydrogen (secondary N) is 2. The van der Waals surface area contributed by atoms with Gasteiger partial charge in [-0.3, -0.25) is 9.79 Å². The summed E-state index contributed by atoms with van der Waals surface area (Å²) in [5.41, 5.74) is 1.78. The molecule has 1 aliphatic rings. The number of likely N-dealkylation sites (N-methyl/N-ethyl adjacent to an activating group) is 1. The third kappa shape index (κ3) is 8.90. The molecule has 0 radical (unpaired) electrons. The molecule has 2 N–H and O–H groups in total. The number of likely N-dealkylation sites (tertiary alicyclic amines) is 1. The lowest BCUT2D eigenvalue weighted by atomic mass is 9.97. The van der Waals surface area contributed by atoms with Crippen molar-refractivity contribution in [2.75, 3.05) is 47.3 Å². The van der Waals surface area contributed by atoms with E-state index in [0.29, 0.717) is 18.7 Å². The SMILES string of the molecule is CN=C(NCc1cccc(C(=O)NCCN(C)C)c1)N1CCC(CC(C)C)C1.I. The summed E-state index contributed by atoms with van der Waals surface area (Å²) >= 11 is 0. The Kier molecular flexibility index (Phi) is 11.6. The highest BCUT2D eigenvalue weighted by atomic mass is 127. The summed E-state index contributed by atoms with van der Waals surface area (Å²) in [5.74, 6) is 2.43. The van der Waals surface area contributed by atoms with Crippen molar-refractivity contribution in [2.45, 2.75) is 33.2 Å². The number of carbonyl (C=O) groups is 1. The van der Waals surface area contributed by atoms with Crippen LogP contribution >= 0.6 is 24.0 Å². The zero-order valence-corrected chi connectivity index (χ0v) is 20.9. The van der Waals surface area contributed by atoms with E-state index < -0.39 is 0 Å². The Labute approximate surface area is 193 Å². The molecule has 1 aromatic rings. The van der Waals surface area contributed by atoms with Crippen molar-refractivity contribution in [3.8, 4) is 0 Å². The summed E-state index contributed by atoms with van der Waals surface area (Å²) in [6, 6.07) is 7.80. The van der Waals surface area contributed by atoms with Crippen LogP contribution in [0.2, 0.25) is 0 Å². The van der Waals surface area contributed by atoms with Gasteiger partial charge in [-0.2, -0.15) is 0 Å². The van der Waals surface area contributed by atoms with E-state index in [1.165, 1.54) is 12.8 Å². The first-order chi connectivity index (χ1) is 13.4. The smallest absolute Gasteiger partial charge is 0.251 e. The molecule has 1 aliphatic heterocycles. The van der Waals surface area contributed by atoms with Gasteiger partial charge in [0.2, 0.25) is 0 Å². The maximum Gasteiger partial charge on any atom is 0.251 e. The third-order valence-corrected chi connectivity index (χ3v) is 5.09. The van der Waals surface area contributed by atoms with Crippen LogP contribution in [0, 0.1) is 11.8 Å². The first kappa shape index (κ1) is 25.7. The fraction of sp³-hybridized carbons (Fsp3) is 0.636. The van der Waals surface area contributed by atoms with E-state index in [0.717, 1.165) is 43.0 Å². The van der Waals surface area contributed by atoms with Crippen LogP contribution in [-0.2, 0) is 6.54 Å². The van der Waals surface area contributed by atoms with E-state index in [9.17, 15) is 4.79 Å². The van der Waals surface area contributed by atoms with E-state index in [-0.39, 0.29) is 29.9 Å². The minimum Gasteiger partial charge on any atom is -0.352 e. The van der Waals surface area contributed by atoms with Crippen LogP contribution in [0.3, 0.4) is 0 Å². The molecule has 164 valence electrons. The molecule has 1 fully saturated rings. The first-order valence-corrected chi connectivity index (χ1v) is 10.4. The topological polar surface area (TPSA) is 60.0 Å². The Morgan fingerprint density at radius 1 is 1.31 bits per heavy atom. The maximum atomic E-state index is 12.3. The van der Waals surface area contributed by atoms with Crippen LogP contribution in [0.4, 0.5) is 0 Å². The molecule has 6 nitrogen and oxygen atoms in total. The molecule has 0 saturated carbocycles. The molecule has 1 unspecified atom stereocenters. The number of rotatable bonds is 8. The number of carbonyl (C=O) groups excluding carboxylic acids is 1. The fourth-order valence-corrected chi connectivity index (χ4v) is 3.72. The molecule has 1 aromatic carbocycles. The van der Waals surface area contributed by atoms with Crippen LogP contribution in [0.5, 0.6) is 0 Å². The van der Waals surface area contributed by atoms with Crippen LogP contribution in [0.15, 0.2) is 29.3 Å². The van der Waals surface area contributed by atoms with Crippen LogP contribution in [-0.4, -0.2) is 69.0 Å². The fourth-order valence-electron chi connectivity index (χ4n) is 3.72. The van der Waals surface area contributed by atoms with Gasteiger partial charge in [0.25, 0.3) is 5.91 Å². The van der Waals surface area contributed by atoms with Crippen LogP contribution < -0.4 is 10.6 Å². The average Bonchev–Trinajstić information content (AvgIpc) is 3.09. The molecule has 1 saturated heterocycles. The second kappa shape index (κ2) is 13.1. The number of guanidine groups is 1. The number of nitrogens with zero attached hydrogens (tertiary/aromatic N) is 3. The molecule has 1 amide bonds. The summed E-state index contributed by atoms with van der Waals surface area (Å²) in [7, 11) is 5.83. The van der Waals surface area contributed by atoms with E-state index in [4.69, 9.17) is 0 Å². The molecular weight excluding hydrogens is 477 g/mol. The Hall–Kier alpha value is -1.35. The van der Waals surface area contributed by atoms with E-state index in [1.54, 1.807) is 0 Å². The lowest BCUT2D eigenvalue weighted by Gasteiger charge is -2.22. The van der Waals surface area contributed by atoms with Gasteiger partial charge in [-0.15, -0.1) is 24.0 Å². The van der Waals surface area contributed by atoms with Crippen molar-refractivity contribution >= 4 is 35.8 Å². The lowest BCUT2D eigenvalue weighted by Crippen LogP contribution is -2.39. The number of aliphatic imine (C=N–C) groups is 1. The lowest BCUT2D eigenvalue weighted by molar-refractivity contribution is 0.0951. The third-order valence-electron chi connectivity index (χ3n) is 5.09. The molecule has 7 heteroatoms. The largest absolute Gasteiger partial charge is 0.352 e. The van der Waals surface area contributed by atoms with Gasteiger partial charge < -0.3 is 20.4 Å². The molecule has 2 rings (SSSR count). The predicted octanol–water partition coefficient (Wildman–Crippen LogP) is 3.04. The van der Waals surface area contributed by atoms with E-state index >= 15 is 0 Å². The predicted molar refractivity (Wildman–Crippen MR) is 132 cm³/mol. The number of hydrogen-bond donors (Lipinski definition) is 2. The minimum atomic E-state index is -0.0239. The van der Waals surface area contributed by atoms with Crippen molar-refractivity contribution in [1.82, 2.24) is 20.4 Å². The van der Waals surface area contributed by atoms with Gasteiger partial charge in [-0.1, -0.05) is 26.0 Å². The average molecular weight is 515 g/mol. The Balaban J connectivity index is 0.00000420. The van der Waals surface area contributed by atoms with Gasteiger partial charge in [0.05, 0.1) is 0 Å². The Morgan fingerprint density at radius 3 is 2.72 bits per heavy atom. The van der Waals surface area contributed by atoms with Gasteiger partial charge in [-0.25, -0.2) is 0 Å². The van der Waals surface area contributed by atoms with Crippen LogP contribution in [0.1, 0.15) is 42.6 Å². The highest BCUT2D eigenvalue weighted by molar-refractivity contribution is 14.0. The van der Waals surface area contributed by atoms with Gasteiger partial charge >= 0.3 is 0 Å². The summed E-state index contributed by atoms with van der Waals surface area (Å²) in [6.45, 7) is 8.86. The quantitative estimate of drug-likeness (QED) is 0.318.